The van der Waals surface area contributed by atoms with Crippen LogP contribution >= 0.6 is 0 Å². The summed E-state index contributed by atoms with van der Waals surface area (Å²) >= 11 is 0. The molecule has 1 saturated carbocycles. The zero-order valence-corrected chi connectivity index (χ0v) is 14.5. The fourth-order valence-electron chi connectivity index (χ4n) is 3.15. The van der Waals surface area contributed by atoms with Crippen LogP contribution in [0.25, 0.3) is 0 Å². The average molecular weight is 341 g/mol. The minimum absolute atomic E-state index is 0.0113. The summed E-state index contributed by atoms with van der Waals surface area (Å²) in [7, 11) is -3.05. The Kier molecular flexibility index (Phi) is 5.45. The monoisotopic (exact) mass is 341 g/mol. The van der Waals surface area contributed by atoms with Crippen LogP contribution in [0.4, 0.5) is 4.39 Å². The van der Waals surface area contributed by atoms with Crippen LogP contribution in [0.3, 0.4) is 0 Å². The summed E-state index contributed by atoms with van der Waals surface area (Å²) in [6, 6.07) is 6.15. The molecule has 0 bridgehead atoms. The second kappa shape index (κ2) is 6.99. The van der Waals surface area contributed by atoms with Crippen molar-refractivity contribution in [1.82, 2.24) is 5.32 Å². The smallest absolute Gasteiger partial charge is 0.220 e. The van der Waals surface area contributed by atoms with Crippen LogP contribution in [0.1, 0.15) is 44.1 Å². The highest BCUT2D eigenvalue weighted by molar-refractivity contribution is 7.90. The highest BCUT2D eigenvalue weighted by Crippen LogP contribution is 2.41. The molecule has 4 nitrogen and oxygen atoms in total. The molecule has 23 heavy (non-hydrogen) atoms. The number of carbonyl (C=O) groups excluding carboxylic acids is 1. The summed E-state index contributed by atoms with van der Waals surface area (Å²) in [5.41, 5.74) is 0.624. The van der Waals surface area contributed by atoms with Gasteiger partial charge in [0, 0.05) is 24.6 Å². The number of rotatable bonds is 7. The van der Waals surface area contributed by atoms with E-state index in [1.54, 1.807) is 12.1 Å². The third-order valence-corrected chi connectivity index (χ3v) is 5.71. The molecule has 1 atom stereocenters. The summed E-state index contributed by atoms with van der Waals surface area (Å²) in [4.78, 5) is 12.1. The summed E-state index contributed by atoms with van der Waals surface area (Å²) in [6.45, 7) is 2.33. The molecule has 1 aromatic rings. The molecular weight excluding hydrogens is 317 g/mol. The number of hydrogen-bond donors (Lipinski definition) is 1. The Labute approximate surface area is 137 Å². The van der Waals surface area contributed by atoms with E-state index < -0.39 is 9.84 Å². The standard InChI is InChI=1S/C17H24FNO3S/c1-13(14-4-6-15(18)7-5-14)10-16(20)19-11-17(8-3-9-17)12-23(2,21)22/h4-7,13H,3,8-12H2,1-2H3,(H,19,20). The van der Waals surface area contributed by atoms with Gasteiger partial charge < -0.3 is 5.32 Å². The predicted octanol–water partition coefficient (Wildman–Crippen LogP) is 2.65. The van der Waals surface area contributed by atoms with Gasteiger partial charge in [0.25, 0.3) is 0 Å². The van der Waals surface area contributed by atoms with Crippen LogP contribution in [0.5, 0.6) is 0 Å². The van der Waals surface area contributed by atoms with Crippen LogP contribution in [-0.2, 0) is 14.6 Å². The molecule has 1 fully saturated rings. The van der Waals surface area contributed by atoms with E-state index in [1.807, 2.05) is 6.92 Å². The molecule has 128 valence electrons. The minimum Gasteiger partial charge on any atom is -0.355 e. The number of hydrogen-bond acceptors (Lipinski definition) is 3. The Balaban J connectivity index is 1.86. The highest BCUT2D eigenvalue weighted by Gasteiger charge is 2.40. The quantitative estimate of drug-likeness (QED) is 0.829. The Hall–Kier alpha value is -1.43. The molecule has 6 heteroatoms. The van der Waals surface area contributed by atoms with E-state index in [0.717, 1.165) is 24.8 Å². The third kappa shape index (κ3) is 5.30. The first-order valence-electron chi connectivity index (χ1n) is 7.89. The topological polar surface area (TPSA) is 63.2 Å². The van der Waals surface area contributed by atoms with E-state index in [2.05, 4.69) is 5.32 Å². The molecule has 1 aliphatic carbocycles. The zero-order chi connectivity index (χ0) is 17.1. The molecule has 0 radical (unpaired) electrons. The molecule has 1 N–H and O–H groups in total. The minimum atomic E-state index is -3.05. The number of halogens is 1. The second-order valence-corrected chi connectivity index (χ2v) is 9.00. The van der Waals surface area contributed by atoms with Gasteiger partial charge in [0.1, 0.15) is 15.7 Å². The van der Waals surface area contributed by atoms with Crippen LogP contribution < -0.4 is 5.32 Å². The Morgan fingerprint density at radius 1 is 1.30 bits per heavy atom. The van der Waals surface area contributed by atoms with Gasteiger partial charge in [-0.25, -0.2) is 12.8 Å². The first kappa shape index (κ1) is 17.9. The summed E-state index contributed by atoms with van der Waals surface area (Å²) in [5, 5.41) is 2.88. The van der Waals surface area contributed by atoms with E-state index >= 15 is 0 Å². The predicted molar refractivity (Wildman–Crippen MR) is 88.4 cm³/mol. The lowest BCUT2D eigenvalue weighted by Crippen LogP contribution is -2.46. The fraction of sp³-hybridized carbons (Fsp3) is 0.588. The Bertz CT molecular complexity index is 651. The van der Waals surface area contributed by atoms with Crippen molar-refractivity contribution >= 4 is 15.7 Å². The molecule has 1 unspecified atom stereocenters. The number of sulfone groups is 1. The highest BCUT2D eigenvalue weighted by atomic mass is 32.2. The third-order valence-electron chi connectivity index (χ3n) is 4.57. The molecule has 0 spiro atoms. The van der Waals surface area contributed by atoms with Crippen molar-refractivity contribution in [1.29, 1.82) is 0 Å². The second-order valence-electron chi connectivity index (χ2n) is 6.86. The van der Waals surface area contributed by atoms with Gasteiger partial charge in [0.15, 0.2) is 0 Å². The van der Waals surface area contributed by atoms with Crippen molar-refractivity contribution < 1.29 is 17.6 Å². The van der Waals surface area contributed by atoms with E-state index in [1.165, 1.54) is 18.4 Å². The zero-order valence-electron chi connectivity index (χ0n) is 13.6. The van der Waals surface area contributed by atoms with Gasteiger partial charge >= 0.3 is 0 Å². The van der Waals surface area contributed by atoms with Crippen LogP contribution in [0, 0.1) is 11.2 Å². The van der Waals surface area contributed by atoms with Crippen molar-refractivity contribution in [3.8, 4) is 0 Å². The number of benzene rings is 1. The summed E-state index contributed by atoms with van der Waals surface area (Å²) in [6.07, 6.45) is 4.24. The van der Waals surface area contributed by atoms with E-state index in [-0.39, 0.29) is 28.8 Å². The van der Waals surface area contributed by atoms with Gasteiger partial charge in [-0.05, 0) is 36.5 Å². The van der Waals surface area contributed by atoms with Gasteiger partial charge in [0.05, 0.1) is 5.75 Å². The van der Waals surface area contributed by atoms with Crippen molar-refractivity contribution in [2.75, 3.05) is 18.6 Å². The van der Waals surface area contributed by atoms with Crippen LogP contribution in [0.15, 0.2) is 24.3 Å². The molecule has 1 aliphatic rings. The van der Waals surface area contributed by atoms with Crippen molar-refractivity contribution in [3.05, 3.63) is 35.6 Å². The number of nitrogens with one attached hydrogen (secondary N) is 1. The average Bonchev–Trinajstić information content (AvgIpc) is 2.41. The lowest BCUT2D eigenvalue weighted by atomic mass is 9.70. The van der Waals surface area contributed by atoms with Gasteiger partial charge in [-0.1, -0.05) is 25.5 Å². The SMILES string of the molecule is CC(CC(=O)NCC1(CS(C)(=O)=O)CCC1)c1ccc(F)cc1. The van der Waals surface area contributed by atoms with Crippen molar-refractivity contribution in [2.24, 2.45) is 5.41 Å². The summed E-state index contributed by atoms with van der Waals surface area (Å²) < 4.78 is 36.0. The lowest BCUT2D eigenvalue weighted by molar-refractivity contribution is -0.122. The normalized spacial score (nSPS) is 18.0. The molecule has 0 saturated heterocycles. The maximum atomic E-state index is 12.9. The Morgan fingerprint density at radius 2 is 1.91 bits per heavy atom. The van der Waals surface area contributed by atoms with Gasteiger partial charge in [-0.3, -0.25) is 4.79 Å². The first-order chi connectivity index (χ1) is 10.7. The number of amides is 1. The Morgan fingerprint density at radius 3 is 2.39 bits per heavy atom. The van der Waals surface area contributed by atoms with Gasteiger partial charge in [-0.15, -0.1) is 0 Å². The number of carbonyl (C=O) groups is 1. The molecular formula is C17H24FNO3S. The molecule has 2 rings (SSSR count). The molecule has 0 aliphatic heterocycles. The fourth-order valence-corrected chi connectivity index (χ4v) is 4.65. The lowest BCUT2D eigenvalue weighted by Gasteiger charge is -2.41. The molecule has 1 aromatic carbocycles. The first-order valence-corrected chi connectivity index (χ1v) is 9.95. The van der Waals surface area contributed by atoms with Crippen molar-refractivity contribution in [3.63, 3.8) is 0 Å². The maximum Gasteiger partial charge on any atom is 0.220 e. The van der Waals surface area contributed by atoms with Crippen LogP contribution in [0.2, 0.25) is 0 Å². The molecule has 1 amide bonds. The molecule has 0 aromatic heterocycles. The van der Waals surface area contributed by atoms with Crippen molar-refractivity contribution in [2.45, 2.75) is 38.5 Å². The molecule has 0 heterocycles. The van der Waals surface area contributed by atoms with Crippen LogP contribution in [-0.4, -0.2) is 32.9 Å². The van der Waals surface area contributed by atoms with E-state index in [4.69, 9.17) is 0 Å². The van der Waals surface area contributed by atoms with E-state index in [0.29, 0.717) is 13.0 Å². The largest absolute Gasteiger partial charge is 0.355 e. The van der Waals surface area contributed by atoms with Gasteiger partial charge in [0.2, 0.25) is 5.91 Å². The van der Waals surface area contributed by atoms with E-state index in [9.17, 15) is 17.6 Å². The van der Waals surface area contributed by atoms with Gasteiger partial charge in [-0.2, -0.15) is 0 Å². The summed E-state index contributed by atoms with van der Waals surface area (Å²) in [5.74, 6) is -0.268. The maximum absolute atomic E-state index is 12.9.